The van der Waals surface area contributed by atoms with Gasteiger partial charge in [0.25, 0.3) is 0 Å². The third kappa shape index (κ3) is 4.95. The fourth-order valence-corrected chi connectivity index (χ4v) is 6.67. The molecule has 1 saturated heterocycles. The first-order valence-electron chi connectivity index (χ1n) is 10.6. The van der Waals surface area contributed by atoms with Crippen molar-refractivity contribution >= 4 is 33.1 Å². The van der Waals surface area contributed by atoms with E-state index in [0.29, 0.717) is 42.2 Å². The van der Waals surface area contributed by atoms with Crippen molar-refractivity contribution in [3.05, 3.63) is 28.8 Å². The lowest BCUT2D eigenvalue weighted by Gasteiger charge is -2.46. The molecule has 1 saturated carbocycles. The first-order chi connectivity index (χ1) is 13.8. The predicted molar refractivity (Wildman–Crippen MR) is 118 cm³/mol. The molecule has 0 unspecified atom stereocenters. The van der Waals surface area contributed by atoms with E-state index >= 15 is 0 Å². The van der Waals surface area contributed by atoms with Crippen LogP contribution in [0.2, 0.25) is 5.02 Å². The standard InChI is InChI=1S/C21H32ClN3O3S/c1-2-16-29(27,28)25-14-12-24(13-15-25)21(9-3-4-10-21)11-8-19(26)20-17(22)6-5-7-18(20)23/h5-7H,2-4,8-16,23H2,1H3. The van der Waals surface area contributed by atoms with E-state index in [4.69, 9.17) is 17.3 Å². The highest BCUT2D eigenvalue weighted by Gasteiger charge is 2.42. The molecule has 3 rings (SSSR count). The van der Waals surface area contributed by atoms with Gasteiger partial charge < -0.3 is 5.73 Å². The summed E-state index contributed by atoms with van der Waals surface area (Å²) in [5, 5.41) is 0.408. The molecule has 2 N–H and O–H groups in total. The van der Waals surface area contributed by atoms with Crippen LogP contribution in [0, 0.1) is 0 Å². The van der Waals surface area contributed by atoms with Crippen LogP contribution in [0.3, 0.4) is 0 Å². The molecule has 0 radical (unpaired) electrons. The maximum atomic E-state index is 12.9. The molecule has 2 fully saturated rings. The lowest BCUT2D eigenvalue weighted by atomic mass is 9.86. The van der Waals surface area contributed by atoms with Gasteiger partial charge in [-0.05, 0) is 37.8 Å². The number of nitrogens with two attached hydrogens (primary N) is 1. The number of nitrogen functional groups attached to an aromatic ring is 1. The van der Waals surface area contributed by atoms with Crippen molar-refractivity contribution in [1.82, 2.24) is 9.21 Å². The van der Waals surface area contributed by atoms with Gasteiger partial charge in [0.05, 0.1) is 16.3 Å². The number of halogens is 1. The van der Waals surface area contributed by atoms with Crippen LogP contribution in [0.4, 0.5) is 5.69 Å². The molecule has 1 aromatic rings. The second kappa shape index (κ2) is 9.33. The van der Waals surface area contributed by atoms with E-state index in [9.17, 15) is 13.2 Å². The lowest BCUT2D eigenvalue weighted by molar-refractivity contribution is 0.0476. The number of nitrogens with zero attached hydrogens (tertiary/aromatic N) is 2. The fourth-order valence-electron chi connectivity index (χ4n) is 4.89. The van der Waals surface area contributed by atoms with Crippen molar-refractivity contribution in [2.75, 3.05) is 37.7 Å². The van der Waals surface area contributed by atoms with Gasteiger partial charge in [-0.25, -0.2) is 8.42 Å². The maximum Gasteiger partial charge on any atom is 0.214 e. The summed E-state index contributed by atoms with van der Waals surface area (Å²) >= 11 is 6.21. The summed E-state index contributed by atoms with van der Waals surface area (Å²) in [6.45, 7) is 4.42. The Morgan fingerprint density at radius 2 is 1.83 bits per heavy atom. The summed E-state index contributed by atoms with van der Waals surface area (Å²) in [4.78, 5) is 15.3. The molecule has 2 aliphatic rings. The van der Waals surface area contributed by atoms with Crippen molar-refractivity contribution in [2.24, 2.45) is 0 Å². The average Bonchev–Trinajstić information content (AvgIpc) is 3.16. The minimum atomic E-state index is -3.15. The number of hydrogen-bond acceptors (Lipinski definition) is 5. The Labute approximate surface area is 179 Å². The van der Waals surface area contributed by atoms with Gasteiger partial charge in [-0.1, -0.05) is 37.4 Å². The van der Waals surface area contributed by atoms with E-state index in [1.54, 1.807) is 22.5 Å². The number of carbonyl (C=O) groups excluding carboxylic acids is 1. The van der Waals surface area contributed by atoms with Crippen molar-refractivity contribution in [3.63, 3.8) is 0 Å². The number of ketones is 1. The zero-order valence-electron chi connectivity index (χ0n) is 17.2. The first-order valence-corrected chi connectivity index (χ1v) is 12.6. The molecule has 6 nitrogen and oxygen atoms in total. The lowest BCUT2D eigenvalue weighted by Crippen LogP contribution is -2.57. The monoisotopic (exact) mass is 441 g/mol. The molecular weight excluding hydrogens is 410 g/mol. The largest absolute Gasteiger partial charge is 0.398 e. The minimum Gasteiger partial charge on any atom is -0.398 e. The van der Waals surface area contributed by atoms with Crippen LogP contribution in [0.15, 0.2) is 18.2 Å². The molecule has 162 valence electrons. The molecular formula is C21H32ClN3O3S. The van der Waals surface area contributed by atoms with Crippen molar-refractivity contribution in [1.29, 1.82) is 0 Å². The highest BCUT2D eigenvalue weighted by atomic mass is 35.5. The first kappa shape index (κ1) is 22.5. The number of rotatable bonds is 8. The zero-order chi connectivity index (χ0) is 21.1. The number of sulfonamides is 1. The molecule has 1 aromatic carbocycles. The van der Waals surface area contributed by atoms with Crippen LogP contribution in [-0.4, -0.2) is 60.9 Å². The number of Topliss-reactive ketones (excluding diaryl/α,β-unsaturated/α-hetero) is 1. The van der Waals surface area contributed by atoms with E-state index in [1.165, 1.54) is 0 Å². The molecule has 8 heteroatoms. The summed E-state index contributed by atoms with van der Waals surface area (Å²) in [6, 6.07) is 5.16. The van der Waals surface area contributed by atoms with Crippen molar-refractivity contribution < 1.29 is 13.2 Å². The highest BCUT2D eigenvalue weighted by Crippen LogP contribution is 2.40. The topological polar surface area (TPSA) is 83.7 Å². The Morgan fingerprint density at radius 3 is 2.41 bits per heavy atom. The molecule has 0 atom stereocenters. The van der Waals surface area contributed by atoms with Crippen LogP contribution in [-0.2, 0) is 10.0 Å². The Balaban J connectivity index is 1.66. The van der Waals surface area contributed by atoms with Gasteiger partial charge in [0.2, 0.25) is 10.0 Å². The van der Waals surface area contributed by atoms with Gasteiger partial charge in [-0.15, -0.1) is 0 Å². The second-order valence-corrected chi connectivity index (χ2v) is 10.8. The Morgan fingerprint density at radius 1 is 1.17 bits per heavy atom. The number of piperazine rings is 1. The van der Waals surface area contributed by atoms with E-state index in [2.05, 4.69) is 4.90 Å². The minimum absolute atomic E-state index is 0.0106. The van der Waals surface area contributed by atoms with Gasteiger partial charge in [0, 0.05) is 43.8 Å². The van der Waals surface area contributed by atoms with E-state index in [-0.39, 0.29) is 17.1 Å². The number of anilines is 1. The zero-order valence-corrected chi connectivity index (χ0v) is 18.8. The van der Waals surface area contributed by atoms with Crippen LogP contribution in [0.25, 0.3) is 0 Å². The molecule has 0 bridgehead atoms. The van der Waals surface area contributed by atoms with Crippen LogP contribution >= 0.6 is 11.6 Å². The molecule has 0 aromatic heterocycles. The van der Waals surface area contributed by atoms with Crippen LogP contribution in [0.1, 0.15) is 62.2 Å². The number of hydrogen-bond donors (Lipinski definition) is 1. The molecule has 0 amide bonds. The van der Waals surface area contributed by atoms with Gasteiger partial charge in [-0.2, -0.15) is 4.31 Å². The summed E-state index contributed by atoms with van der Waals surface area (Å²) in [5.41, 5.74) is 6.82. The number of carbonyl (C=O) groups is 1. The molecule has 0 spiro atoms. The summed E-state index contributed by atoms with van der Waals surface area (Å²) < 4.78 is 26.4. The molecule has 1 heterocycles. The van der Waals surface area contributed by atoms with Crippen molar-refractivity contribution in [3.8, 4) is 0 Å². The quantitative estimate of drug-likeness (QED) is 0.492. The normalized spacial score (nSPS) is 20.8. The van der Waals surface area contributed by atoms with Gasteiger partial charge >= 0.3 is 0 Å². The van der Waals surface area contributed by atoms with Gasteiger partial charge in [0.15, 0.2) is 5.78 Å². The summed E-state index contributed by atoms with van der Waals surface area (Å²) in [6.07, 6.45) is 6.22. The van der Waals surface area contributed by atoms with Crippen LogP contribution < -0.4 is 5.73 Å². The molecule has 1 aliphatic heterocycles. The maximum absolute atomic E-state index is 12.9. The van der Waals surface area contributed by atoms with Gasteiger partial charge in [-0.3, -0.25) is 9.69 Å². The molecule has 1 aliphatic carbocycles. The van der Waals surface area contributed by atoms with Crippen molar-refractivity contribution in [2.45, 2.75) is 57.4 Å². The second-order valence-electron chi connectivity index (χ2n) is 8.26. The highest BCUT2D eigenvalue weighted by molar-refractivity contribution is 7.89. The van der Waals surface area contributed by atoms with E-state index < -0.39 is 10.0 Å². The smallest absolute Gasteiger partial charge is 0.214 e. The van der Waals surface area contributed by atoms with Crippen LogP contribution in [0.5, 0.6) is 0 Å². The SMILES string of the molecule is CCCS(=O)(=O)N1CCN(C2(CCC(=O)c3c(N)cccc3Cl)CCCC2)CC1. The third-order valence-electron chi connectivity index (χ3n) is 6.44. The Hall–Kier alpha value is -1.15. The summed E-state index contributed by atoms with van der Waals surface area (Å²) in [5.74, 6) is 0.204. The molecule has 29 heavy (non-hydrogen) atoms. The average molecular weight is 442 g/mol. The number of benzene rings is 1. The van der Waals surface area contributed by atoms with E-state index in [1.807, 2.05) is 6.92 Å². The fraction of sp³-hybridized carbons (Fsp3) is 0.667. The predicted octanol–water partition coefficient (Wildman–Crippen LogP) is 3.56. The van der Waals surface area contributed by atoms with E-state index in [0.717, 1.165) is 45.2 Å². The van der Waals surface area contributed by atoms with Gasteiger partial charge in [0.1, 0.15) is 0 Å². The Kier molecular flexibility index (Phi) is 7.25. The third-order valence-corrected chi connectivity index (χ3v) is 8.83. The summed E-state index contributed by atoms with van der Waals surface area (Å²) in [7, 11) is -3.15. The Bertz CT molecular complexity index is 809.